The van der Waals surface area contributed by atoms with Crippen LogP contribution in [0.1, 0.15) is 0 Å². The Hall–Kier alpha value is -2.94. The number of benzene rings is 1. The van der Waals surface area contributed by atoms with E-state index in [0.717, 1.165) is 0 Å². The fourth-order valence-corrected chi connectivity index (χ4v) is 1.44. The number of hydrogen-bond acceptors (Lipinski definition) is 8. The van der Waals surface area contributed by atoms with Gasteiger partial charge >= 0.3 is 0 Å². The van der Waals surface area contributed by atoms with Gasteiger partial charge in [-0.25, -0.2) is 10.8 Å². The second-order valence-electron chi connectivity index (χ2n) is 3.56. The SMILES string of the molecule is COc1ccc([N+](=O)[O-])cc1Oc1ccnc(NN)n1. The lowest BCUT2D eigenvalue weighted by Gasteiger charge is -2.09. The Bertz CT molecular complexity index is 634. The van der Waals surface area contributed by atoms with Gasteiger partial charge in [0.25, 0.3) is 5.69 Å². The number of nitro benzene ring substituents is 1. The largest absolute Gasteiger partial charge is 0.493 e. The van der Waals surface area contributed by atoms with E-state index in [9.17, 15) is 10.1 Å². The Labute approximate surface area is 113 Å². The van der Waals surface area contributed by atoms with E-state index in [4.69, 9.17) is 15.3 Å². The summed E-state index contributed by atoms with van der Waals surface area (Å²) >= 11 is 0. The van der Waals surface area contributed by atoms with Gasteiger partial charge in [0.15, 0.2) is 11.5 Å². The average Bonchev–Trinajstić information content (AvgIpc) is 2.47. The quantitative estimate of drug-likeness (QED) is 0.478. The van der Waals surface area contributed by atoms with Crippen molar-refractivity contribution in [3.8, 4) is 17.4 Å². The number of anilines is 1. The number of ether oxygens (including phenoxy) is 2. The zero-order valence-electron chi connectivity index (χ0n) is 10.4. The van der Waals surface area contributed by atoms with Crippen molar-refractivity contribution in [2.75, 3.05) is 12.5 Å². The predicted octanol–water partition coefficient (Wildman–Crippen LogP) is 1.47. The minimum atomic E-state index is -0.529. The number of hydrazine groups is 1. The topological polar surface area (TPSA) is 125 Å². The van der Waals surface area contributed by atoms with E-state index < -0.39 is 4.92 Å². The molecule has 1 aromatic heterocycles. The molecule has 0 aliphatic heterocycles. The van der Waals surface area contributed by atoms with Gasteiger partial charge in [-0.2, -0.15) is 4.98 Å². The molecule has 0 atom stereocenters. The molecule has 0 saturated heterocycles. The number of nitrogens with zero attached hydrogens (tertiary/aromatic N) is 3. The first kappa shape index (κ1) is 13.5. The van der Waals surface area contributed by atoms with Crippen molar-refractivity contribution >= 4 is 11.6 Å². The smallest absolute Gasteiger partial charge is 0.273 e. The van der Waals surface area contributed by atoms with E-state index in [2.05, 4.69) is 15.4 Å². The normalized spacial score (nSPS) is 9.90. The molecule has 104 valence electrons. The van der Waals surface area contributed by atoms with Crippen LogP contribution in [-0.2, 0) is 0 Å². The van der Waals surface area contributed by atoms with Gasteiger partial charge in [-0.15, -0.1) is 0 Å². The monoisotopic (exact) mass is 277 g/mol. The fraction of sp³-hybridized carbons (Fsp3) is 0.0909. The van der Waals surface area contributed by atoms with Crippen molar-refractivity contribution in [3.63, 3.8) is 0 Å². The van der Waals surface area contributed by atoms with Crippen LogP contribution in [0.25, 0.3) is 0 Å². The number of non-ortho nitro benzene ring substituents is 1. The van der Waals surface area contributed by atoms with E-state index in [-0.39, 0.29) is 23.3 Å². The molecule has 0 aliphatic rings. The molecule has 0 unspecified atom stereocenters. The summed E-state index contributed by atoms with van der Waals surface area (Å²) < 4.78 is 10.5. The highest BCUT2D eigenvalue weighted by Crippen LogP contribution is 2.34. The van der Waals surface area contributed by atoms with E-state index in [0.29, 0.717) is 5.75 Å². The Morgan fingerprint density at radius 3 is 2.80 bits per heavy atom. The third-order valence-corrected chi connectivity index (χ3v) is 2.33. The van der Waals surface area contributed by atoms with Crippen LogP contribution in [0, 0.1) is 10.1 Å². The minimum Gasteiger partial charge on any atom is -0.493 e. The third kappa shape index (κ3) is 2.90. The van der Waals surface area contributed by atoms with Crippen LogP contribution in [0.4, 0.5) is 11.6 Å². The molecule has 2 rings (SSSR count). The summed E-state index contributed by atoms with van der Waals surface area (Å²) in [6.45, 7) is 0. The molecular weight excluding hydrogens is 266 g/mol. The zero-order valence-corrected chi connectivity index (χ0v) is 10.4. The fourth-order valence-electron chi connectivity index (χ4n) is 1.44. The first-order chi connectivity index (χ1) is 9.63. The van der Waals surface area contributed by atoms with Crippen LogP contribution < -0.4 is 20.7 Å². The number of nitrogen functional groups attached to an aromatic ring is 1. The lowest BCUT2D eigenvalue weighted by Crippen LogP contribution is -2.10. The summed E-state index contributed by atoms with van der Waals surface area (Å²) in [4.78, 5) is 18.0. The van der Waals surface area contributed by atoms with Gasteiger partial charge in [0.1, 0.15) is 0 Å². The molecule has 1 heterocycles. The molecule has 2 aromatic rings. The molecule has 0 fully saturated rings. The second-order valence-corrected chi connectivity index (χ2v) is 3.56. The van der Waals surface area contributed by atoms with Crippen LogP contribution in [0.3, 0.4) is 0 Å². The van der Waals surface area contributed by atoms with Crippen LogP contribution in [0.5, 0.6) is 17.4 Å². The van der Waals surface area contributed by atoms with Gasteiger partial charge in [-0.1, -0.05) is 0 Å². The molecule has 1 aromatic carbocycles. The Morgan fingerprint density at radius 1 is 1.35 bits per heavy atom. The van der Waals surface area contributed by atoms with Crippen molar-refractivity contribution in [2.45, 2.75) is 0 Å². The number of nitrogens with one attached hydrogen (secondary N) is 1. The van der Waals surface area contributed by atoms with Gasteiger partial charge in [0.05, 0.1) is 18.1 Å². The summed E-state index contributed by atoms with van der Waals surface area (Å²) in [5.41, 5.74) is 2.15. The molecule has 9 nitrogen and oxygen atoms in total. The van der Waals surface area contributed by atoms with Crippen LogP contribution in [0.2, 0.25) is 0 Å². The number of hydrogen-bond donors (Lipinski definition) is 2. The van der Waals surface area contributed by atoms with Crippen molar-refractivity contribution < 1.29 is 14.4 Å². The summed E-state index contributed by atoms with van der Waals surface area (Å²) in [7, 11) is 1.43. The van der Waals surface area contributed by atoms with Crippen LogP contribution in [-0.4, -0.2) is 22.0 Å². The first-order valence-corrected chi connectivity index (χ1v) is 5.44. The van der Waals surface area contributed by atoms with Gasteiger partial charge in [-0.3, -0.25) is 15.5 Å². The molecule has 0 aliphatic carbocycles. The Morgan fingerprint density at radius 2 is 2.15 bits per heavy atom. The maximum absolute atomic E-state index is 10.8. The van der Waals surface area contributed by atoms with Crippen molar-refractivity contribution in [3.05, 3.63) is 40.6 Å². The predicted molar refractivity (Wildman–Crippen MR) is 69.6 cm³/mol. The molecule has 0 radical (unpaired) electrons. The Kier molecular flexibility index (Phi) is 3.91. The molecular formula is C11H11N5O4. The molecule has 0 saturated carbocycles. The lowest BCUT2D eigenvalue weighted by atomic mass is 10.3. The van der Waals surface area contributed by atoms with Gasteiger partial charge in [0, 0.05) is 18.3 Å². The standard InChI is InChI=1S/C11H11N5O4/c1-19-8-3-2-7(16(17)18)6-9(8)20-10-4-5-13-11(14-10)15-12/h2-6H,12H2,1H3,(H,13,14,15). The summed E-state index contributed by atoms with van der Waals surface area (Å²) in [6.07, 6.45) is 1.43. The van der Waals surface area contributed by atoms with Gasteiger partial charge in [-0.05, 0) is 6.07 Å². The highest BCUT2D eigenvalue weighted by molar-refractivity contribution is 5.49. The van der Waals surface area contributed by atoms with Gasteiger partial charge < -0.3 is 9.47 Å². The summed E-state index contributed by atoms with van der Waals surface area (Å²) in [5, 5.41) is 10.8. The molecule has 9 heteroatoms. The molecule has 20 heavy (non-hydrogen) atoms. The summed E-state index contributed by atoms with van der Waals surface area (Å²) in [6, 6.07) is 5.49. The average molecular weight is 277 g/mol. The maximum atomic E-state index is 10.8. The maximum Gasteiger partial charge on any atom is 0.273 e. The second kappa shape index (κ2) is 5.80. The van der Waals surface area contributed by atoms with Crippen molar-refractivity contribution in [1.82, 2.24) is 9.97 Å². The minimum absolute atomic E-state index is 0.118. The third-order valence-electron chi connectivity index (χ3n) is 2.33. The van der Waals surface area contributed by atoms with Crippen molar-refractivity contribution in [1.29, 1.82) is 0 Å². The number of methoxy groups -OCH3 is 1. The molecule has 3 N–H and O–H groups in total. The van der Waals surface area contributed by atoms with E-state index >= 15 is 0 Å². The first-order valence-electron chi connectivity index (χ1n) is 5.44. The van der Waals surface area contributed by atoms with Crippen molar-refractivity contribution in [2.24, 2.45) is 5.84 Å². The molecule has 0 spiro atoms. The highest BCUT2D eigenvalue weighted by Gasteiger charge is 2.14. The summed E-state index contributed by atoms with van der Waals surface area (Å²) in [5.74, 6) is 6.03. The van der Waals surface area contributed by atoms with Gasteiger partial charge in [0.2, 0.25) is 11.8 Å². The number of nitro groups is 1. The number of rotatable bonds is 5. The number of aromatic nitrogens is 2. The van der Waals surface area contributed by atoms with E-state index in [1.165, 1.54) is 37.6 Å². The molecule has 0 bridgehead atoms. The van der Waals surface area contributed by atoms with Crippen LogP contribution in [0.15, 0.2) is 30.5 Å². The van der Waals surface area contributed by atoms with E-state index in [1.807, 2.05) is 0 Å². The Balaban J connectivity index is 2.35. The van der Waals surface area contributed by atoms with E-state index in [1.54, 1.807) is 0 Å². The van der Waals surface area contributed by atoms with Crippen LogP contribution >= 0.6 is 0 Å². The highest BCUT2D eigenvalue weighted by atomic mass is 16.6. The lowest BCUT2D eigenvalue weighted by molar-refractivity contribution is -0.384. The molecule has 0 amide bonds. The zero-order chi connectivity index (χ0) is 14.5. The number of nitrogens with two attached hydrogens (primary N) is 1.